The molecule has 3 heterocycles. The number of aryl methyl sites for hydroxylation is 1. The van der Waals surface area contributed by atoms with Gasteiger partial charge in [-0.3, -0.25) is 9.69 Å². The fourth-order valence-electron chi connectivity index (χ4n) is 3.65. The van der Waals surface area contributed by atoms with Gasteiger partial charge in [0.05, 0.1) is 6.54 Å². The van der Waals surface area contributed by atoms with Crippen LogP contribution in [0.25, 0.3) is 22.5 Å². The van der Waals surface area contributed by atoms with Crippen LogP contribution in [-0.2, 0) is 24.1 Å². The third kappa shape index (κ3) is 3.93. The number of rotatable bonds is 8. The molecule has 30 heavy (non-hydrogen) atoms. The van der Waals surface area contributed by atoms with Gasteiger partial charge in [0.15, 0.2) is 5.82 Å². The van der Waals surface area contributed by atoms with Crippen molar-refractivity contribution >= 4 is 22.8 Å². The van der Waals surface area contributed by atoms with E-state index in [1.807, 2.05) is 33.2 Å². The van der Waals surface area contributed by atoms with E-state index in [1.54, 1.807) is 0 Å². The summed E-state index contributed by atoms with van der Waals surface area (Å²) >= 11 is 0. The van der Waals surface area contributed by atoms with Gasteiger partial charge in [-0.15, -0.1) is 0 Å². The van der Waals surface area contributed by atoms with Crippen LogP contribution in [0.3, 0.4) is 0 Å². The zero-order chi connectivity index (χ0) is 21.3. The summed E-state index contributed by atoms with van der Waals surface area (Å²) in [5, 5.41) is 7.68. The van der Waals surface area contributed by atoms with Gasteiger partial charge in [0.25, 0.3) is 5.89 Å². The minimum atomic E-state index is -0.320. The molecule has 1 aromatic carbocycles. The molecule has 2 aromatic heterocycles. The molecule has 9 heteroatoms. The van der Waals surface area contributed by atoms with Gasteiger partial charge >= 0.3 is 6.03 Å². The van der Waals surface area contributed by atoms with Crippen molar-refractivity contribution < 1.29 is 14.1 Å². The van der Waals surface area contributed by atoms with Crippen LogP contribution in [0.5, 0.6) is 0 Å². The quantitative estimate of drug-likeness (QED) is 0.550. The van der Waals surface area contributed by atoms with Gasteiger partial charge in [-0.25, -0.2) is 4.79 Å². The van der Waals surface area contributed by atoms with E-state index in [-0.39, 0.29) is 18.5 Å². The van der Waals surface area contributed by atoms with Crippen molar-refractivity contribution in [2.75, 3.05) is 33.7 Å². The number of hydrogen-bond acceptors (Lipinski definition) is 6. The van der Waals surface area contributed by atoms with E-state index in [4.69, 9.17) is 4.52 Å². The average molecular weight is 410 g/mol. The van der Waals surface area contributed by atoms with Crippen LogP contribution in [-0.4, -0.2) is 70.6 Å². The number of aromatic nitrogens is 3. The molecule has 0 unspecified atom stereocenters. The predicted octanol–water partition coefficient (Wildman–Crippen LogP) is 1.98. The summed E-state index contributed by atoms with van der Waals surface area (Å²) in [5.41, 5.74) is 4.03. The number of amides is 3. The molecule has 3 aromatic rings. The lowest BCUT2D eigenvalue weighted by molar-refractivity contribution is -0.124. The summed E-state index contributed by atoms with van der Waals surface area (Å²) in [6.45, 7) is 3.31. The van der Waals surface area contributed by atoms with Crippen molar-refractivity contribution in [1.82, 2.24) is 30.2 Å². The third-order valence-corrected chi connectivity index (χ3v) is 5.34. The summed E-state index contributed by atoms with van der Waals surface area (Å²) in [6, 6.07) is 5.84. The number of nitrogens with zero attached hydrogens (tertiary/aromatic N) is 4. The largest absolute Gasteiger partial charge is 0.350 e. The van der Waals surface area contributed by atoms with Crippen LogP contribution in [0.1, 0.15) is 23.9 Å². The first-order valence-corrected chi connectivity index (χ1v) is 10.2. The fraction of sp³-hybridized carbons (Fsp3) is 0.429. The molecule has 2 N–H and O–H groups in total. The zero-order valence-electron chi connectivity index (χ0n) is 17.5. The summed E-state index contributed by atoms with van der Waals surface area (Å²) in [7, 11) is 4.08. The van der Waals surface area contributed by atoms with Gasteiger partial charge in [0.2, 0.25) is 5.91 Å². The fourth-order valence-corrected chi connectivity index (χ4v) is 3.65. The maximum Gasteiger partial charge on any atom is 0.324 e. The Morgan fingerprint density at radius 3 is 2.73 bits per heavy atom. The number of nitrogens with one attached hydrogen (secondary N) is 2. The highest BCUT2D eigenvalue weighted by Crippen LogP contribution is 2.31. The number of carbonyl (C=O) groups is 2. The van der Waals surface area contributed by atoms with Crippen LogP contribution in [0.4, 0.5) is 4.79 Å². The first kappa shape index (κ1) is 20.1. The monoisotopic (exact) mass is 410 g/mol. The minimum Gasteiger partial charge on any atom is -0.350 e. The van der Waals surface area contributed by atoms with Gasteiger partial charge < -0.3 is 19.7 Å². The van der Waals surface area contributed by atoms with Gasteiger partial charge in [-0.2, -0.15) is 4.98 Å². The number of H-pyrrole nitrogens is 1. The molecule has 4 rings (SSSR count). The van der Waals surface area contributed by atoms with Crippen molar-refractivity contribution in [1.29, 1.82) is 0 Å². The number of hydrogen-bond donors (Lipinski definition) is 2. The molecule has 1 saturated heterocycles. The predicted molar refractivity (Wildman–Crippen MR) is 112 cm³/mol. The molecule has 1 aliphatic heterocycles. The van der Waals surface area contributed by atoms with Crippen LogP contribution >= 0.6 is 0 Å². The molecule has 0 spiro atoms. The number of imide groups is 1. The number of urea groups is 1. The Bertz CT molecular complexity index is 1070. The van der Waals surface area contributed by atoms with Crippen molar-refractivity contribution in [2.24, 2.45) is 0 Å². The second-order valence-corrected chi connectivity index (χ2v) is 7.74. The molecular weight excluding hydrogens is 384 g/mol. The molecule has 0 bridgehead atoms. The first-order chi connectivity index (χ1) is 14.5. The van der Waals surface area contributed by atoms with E-state index >= 15 is 0 Å². The first-order valence-electron chi connectivity index (χ1n) is 10.2. The highest BCUT2D eigenvalue weighted by atomic mass is 16.5. The molecule has 0 aliphatic carbocycles. The van der Waals surface area contributed by atoms with E-state index in [1.165, 1.54) is 4.90 Å². The standard InChI is InChI=1S/C21H26N6O3/c1-4-17-24-20(30-25-17)19-14(8-9-26(2)3)15-11-13(5-6-16(15)23-19)7-10-27-18(28)12-22-21(27)29/h5-6,11,23H,4,7-10,12H2,1-3H3,(H,22,29). The van der Waals surface area contributed by atoms with Gasteiger partial charge in [0, 0.05) is 30.4 Å². The number of aromatic amines is 1. The maximum absolute atomic E-state index is 11.8. The highest BCUT2D eigenvalue weighted by Gasteiger charge is 2.27. The molecule has 1 aliphatic rings. The van der Waals surface area contributed by atoms with Crippen LogP contribution < -0.4 is 5.32 Å². The Morgan fingerprint density at radius 1 is 1.23 bits per heavy atom. The van der Waals surface area contributed by atoms with Crippen molar-refractivity contribution in [3.63, 3.8) is 0 Å². The third-order valence-electron chi connectivity index (χ3n) is 5.34. The summed E-state index contributed by atoms with van der Waals surface area (Å²) < 4.78 is 5.49. The molecule has 1 fully saturated rings. The van der Waals surface area contributed by atoms with E-state index < -0.39 is 0 Å². The lowest BCUT2D eigenvalue weighted by Gasteiger charge is -2.12. The smallest absolute Gasteiger partial charge is 0.324 e. The van der Waals surface area contributed by atoms with Crippen LogP contribution in [0, 0.1) is 0 Å². The second kappa shape index (κ2) is 8.27. The molecule has 0 saturated carbocycles. The lowest BCUT2D eigenvalue weighted by atomic mass is 10.0. The van der Waals surface area contributed by atoms with Crippen molar-refractivity contribution in [3.8, 4) is 11.6 Å². The second-order valence-electron chi connectivity index (χ2n) is 7.74. The summed E-state index contributed by atoms with van der Waals surface area (Å²) in [5.74, 6) is 0.994. The molecular formula is C21H26N6O3. The number of likely N-dealkylation sites (N-methyl/N-ethyl adjacent to an activating group) is 1. The molecule has 3 amide bonds. The maximum atomic E-state index is 11.8. The van der Waals surface area contributed by atoms with Gasteiger partial charge in [-0.1, -0.05) is 18.1 Å². The van der Waals surface area contributed by atoms with E-state index in [2.05, 4.69) is 31.4 Å². The summed E-state index contributed by atoms with van der Waals surface area (Å²) in [4.78, 5) is 34.9. The topological polar surface area (TPSA) is 107 Å². The number of benzene rings is 1. The highest BCUT2D eigenvalue weighted by molar-refractivity contribution is 6.02. The summed E-state index contributed by atoms with van der Waals surface area (Å²) in [6.07, 6.45) is 2.13. The Hall–Kier alpha value is -3.20. The van der Waals surface area contributed by atoms with E-state index in [0.717, 1.165) is 40.7 Å². The number of fused-ring (bicyclic) bond motifs is 1. The van der Waals surface area contributed by atoms with Crippen LogP contribution in [0.15, 0.2) is 22.7 Å². The minimum absolute atomic E-state index is 0.0810. The molecule has 158 valence electrons. The Morgan fingerprint density at radius 2 is 2.07 bits per heavy atom. The van der Waals surface area contributed by atoms with E-state index in [9.17, 15) is 9.59 Å². The van der Waals surface area contributed by atoms with E-state index in [0.29, 0.717) is 31.1 Å². The molecule has 0 atom stereocenters. The Kier molecular flexibility index (Phi) is 5.54. The van der Waals surface area contributed by atoms with Gasteiger partial charge in [0.1, 0.15) is 5.69 Å². The molecule has 9 nitrogen and oxygen atoms in total. The Labute approximate surface area is 174 Å². The Balaban J connectivity index is 1.66. The van der Waals surface area contributed by atoms with Crippen molar-refractivity contribution in [3.05, 3.63) is 35.2 Å². The number of carbonyl (C=O) groups excluding carboxylic acids is 2. The lowest BCUT2D eigenvalue weighted by Crippen LogP contribution is -2.32. The van der Waals surface area contributed by atoms with Crippen LogP contribution in [0.2, 0.25) is 0 Å². The SMILES string of the molecule is CCc1noc(-c2[nH]c3ccc(CCN4C(=O)CNC4=O)cc3c2CCN(C)C)n1. The normalized spacial score (nSPS) is 14.3. The van der Waals surface area contributed by atoms with Crippen molar-refractivity contribution in [2.45, 2.75) is 26.2 Å². The molecule has 0 radical (unpaired) electrons. The zero-order valence-corrected chi connectivity index (χ0v) is 17.5. The van der Waals surface area contributed by atoms with Gasteiger partial charge in [-0.05, 0) is 50.2 Å². The average Bonchev–Trinajstić information content (AvgIpc) is 3.42.